The fraction of sp³-hybridized carbons (Fsp3) is 0.0455. The zero-order chi connectivity index (χ0) is 20.2. The van der Waals surface area contributed by atoms with E-state index in [1.54, 1.807) is 35.2 Å². The molecule has 0 aliphatic carbocycles. The van der Waals surface area contributed by atoms with E-state index in [1.165, 1.54) is 24.1 Å². The highest BCUT2D eigenvalue weighted by molar-refractivity contribution is 8.26. The van der Waals surface area contributed by atoms with Crippen LogP contribution in [-0.4, -0.2) is 21.1 Å². The molecule has 2 aromatic carbocycles. The number of rotatable bonds is 5. The first-order valence-corrected chi connectivity index (χ1v) is 9.98. The number of ether oxygens (including phenoxy) is 1. The standard InChI is InChI=1S/C22H15NO4S2/c24-20-19(29-22(28)23(20)14-15-6-2-1-3-7-15)13-16-8-4-9-17(12-16)27-21(25)18-10-5-11-26-18/h1-13H,14H2/b19-13+. The van der Waals surface area contributed by atoms with E-state index in [0.717, 1.165) is 11.1 Å². The Labute approximate surface area is 177 Å². The largest absolute Gasteiger partial charge is 0.457 e. The number of thioether (sulfide) groups is 1. The average Bonchev–Trinajstić information content (AvgIpc) is 3.34. The number of carbonyl (C=O) groups is 2. The molecule has 3 aromatic rings. The lowest BCUT2D eigenvalue weighted by Crippen LogP contribution is -2.27. The quantitative estimate of drug-likeness (QED) is 0.253. The second kappa shape index (κ2) is 8.46. The van der Waals surface area contributed by atoms with Gasteiger partial charge < -0.3 is 9.15 Å². The van der Waals surface area contributed by atoms with Gasteiger partial charge in [0.05, 0.1) is 17.7 Å². The average molecular weight is 421 g/mol. The molecule has 5 nitrogen and oxygen atoms in total. The van der Waals surface area contributed by atoms with Gasteiger partial charge in [-0.25, -0.2) is 4.79 Å². The monoisotopic (exact) mass is 421 g/mol. The Kier molecular flexibility index (Phi) is 5.59. The van der Waals surface area contributed by atoms with E-state index < -0.39 is 5.97 Å². The molecule has 0 unspecified atom stereocenters. The highest BCUT2D eigenvalue weighted by Crippen LogP contribution is 2.34. The molecule has 1 amide bonds. The maximum absolute atomic E-state index is 12.8. The zero-order valence-electron chi connectivity index (χ0n) is 15.1. The maximum Gasteiger partial charge on any atom is 0.379 e. The minimum atomic E-state index is -0.582. The van der Waals surface area contributed by atoms with E-state index in [1.807, 2.05) is 36.4 Å². The number of hydrogen-bond acceptors (Lipinski definition) is 6. The van der Waals surface area contributed by atoms with Crippen molar-refractivity contribution < 1.29 is 18.7 Å². The zero-order valence-corrected chi connectivity index (χ0v) is 16.7. The molecule has 0 N–H and O–H groups in total. The molecule has 7 heteroatoms. The number of benzene rings is 2. The number of carbonyl (C=O) groups excluding carboxylic acids is 2. The predicted octanol–water partition coefficient (Wildman–Crippen LogP) is 4.90. The van der Waals surface area contributed by atoms with Gasteiger partial charge in [0.25, 0.3) is 5.91 Å². The molecule has 29 heavy (non-hydrogen) atoms. The Bertz CT molecular complexity index is 1090. The maximum atomic E-state index is 12.8. The molecule has 1 aliphatic rings. The number of hydrogen-bond donors (Lipinski definition) is 0. The van der Waals surface area contributed by atoms with Crippen LogP contribution >= 0.6 is 24.0 Å². The number of thiocarbonyl (C=S) groups is 1. The van der Waals surface area contributed by atoms with Crippen molar-refractivity contribution >= 4 is 46.3 Å². The summed E-state index contributed by atoms with van der Waals surface area (Å²) in [7, 11) is 0. The highest BCUT2D eigenvalue weighted by Gasteiger charge is 2.31. The second-order valence-electron chi connectivity index (χ2n) is 6.19. The first-order chi connectivity index (χ1) is 14.1. The van der Waals surface area contributed by atoms with Gasteiger partial charge in [0.15, 0.2) is 0 Å². The van der Waals surface area contributed by atoms with E-state index in [4.69, 9.17) is 21.4 Å². The van der Waals surface area contributed by atoms with Crippen molar-refractivity contribution in [1.82, 2.24) is 4.90 Å². The first kappa shape index (κ1) is 19.2. The summed E-state index contributed by atoms with van der Waals surface area (Å²) in [6, 6.07) is 19.8. The third kappa shape index (κ3) is 4.47. The van der Waals surface area contributed by atoms with Crippen molar-refractivity contribution in [3.05, 3.63) is 94.8 Å². The number of esters is 1. The van der Waals surface area contributed by atoms with Crippen molar-refractivity contribution in [1.29, 1.82) is 0 Å². The molecular formula is C22H15NO4S2. The van der Waals surface area contributed by atoms with Gasteiger partial charge in [-0.15, -0.1) is 0 Å². The smallest absolute Gasteiger partial charge is 0.379 e. The van der Waals surface area contributed by atoms with Crippen LogP contribution in [0.25, 0.3) is 6.08 Å². The minimum Gasteiger partial charge on any atom is -0.457 e. The molecule has 0 saturated carbocycles. The van der Waals surface area contributed by atoms with Gasteiger partial charge in [-0.3, -0.25) is 9.69 Å². The molecule has 0 spiro atoms. The van der Waals surface area contributed by atoms with Crippen LogP contribution in [0.1, 0.15) is 21.7 Å². The lowest BCUT2D eigenvalue weighted by Gasteiger charge is -2.14. The van der Waals surface area contributed by atoms with Gasteiger partial charge in [0.1, 0.15) is 10.1 Å². The Morgan fingerprint density at radius 1 is 1.10 bits per heavy atom. The van der Waals surface area contributed by atoms with E-state index in [-0.39, 0.29) is 11.7 Å². The van der Waals surface area contributed by atoms with Crippen molar-refractivity contribution in [2.24, 2.45) is 0 Å². The molecule has 1 aromatic heterocycles. The van der Waals surface area contributed by atoms with Gasteiger partial charge in [0, 0.05) is 0 Å². The highest BCUT2D eigenvalue weighted by atomic mass is 32.2. The Morgan fingerprint density at radius 3 is 2.69 bits per heavy atom. The third-order valence-electron chi connectivity index (χ3n) is 4.15. The molecular weight excluding hydrogens is 406 g/mol. The van der Waals surface area contributed by atoms with Gasteiger partial charge in [-0.05, 0) is 41.5 Å². The van der Waals surface area contributed by atoms with Crippen LogP contribution in [0.5, 0.6) is 5.75 Å². The minimum absolute atomic E-state index is 0.122. The Morgan fingerprint density at radius 2 is 1.93 bits per heavy atom. The van der Waals surface area contributed by atoms with Gasteiger partial charge >= 0.3 is 5.97 Å². The van der Waals surface area contributed by atoms with Crippen LogP contribution in [0.2, 0.25) is 0 Å². The summed E-state index contributed by atoms with van der Waals surface area (Å²) in [6.45, 7) is 0.434. The van der Waals surface area contributed by atoms with Crippen LogP contribution in [0.4, 0.5) is 0 Å². The molecule has 1 aliphatic heterocycles. The predicted molar refractivity (Wildman–Crippen MR) is 115 cm³/mol. The Hall–Kier alpha value is -3.16. The van der Waals surface area contributed by atoms with Crippen LogP contribution in [0.3, 0.4) is 0 Å². The van der Waals surface area contributed by atoms with Crippen LogP contribution in [0.15, 0.2) is 82.3 Å². The Balaban J connectivity index is 1.50. The summed E-state index contributed by atoms with van der Waals surface area (Å²) >= 11 is 6.65. The summed E-state index contributed by atoms with van der Waals surface area (Å²) in [5.41, 5.74) is 1.74. The fourth-order valence-electron chi connectivity index (χ4n) is 2.77. The van der Waals surface area contributed by atoms with E-state index in [9.17, 15) is 9.59 Å². The molecule has 1 fully saturated rings. The van der Waals surface area contributed by atoms with E-state index in [2.05, 4.69) is 0 Å². The summed E-state index contributed by atoms with van der Waals surface area (Å²) in [4.78, 5) is 26.9. The van der Waals surface area contributed by atoms with E-state index in [0.29, 0.717) is 21.5 Å². The lowest BCUT2D eigenvalue weighted by molar-refractivity contribution is -0.122. The van der Waals surface area contributed by atoms with E-state index >= 15 is 0 Å². The number of furan rings is 1. The van der Waals surface area contributed by atoms with Crippen LogP contribution in [0, 0.1) is 0 Å². The van der Waals surface area contributed by atoms with Crippen molar-refractivity contribution in [3.8, 4) is 5.75 Å². The third-order valence-corrected chi connectivity index (χ3v) is 5.52. The molecule has 144 valence electrons. The fourth-order valence-corrected chi connectivity index (χ4v) is 4.03. The van der Waals surface area contributed by atoms with Crippen molar-refractivity contribution in [3.63, 3.8) is 0 Å². The normalized spacial score (nSPS) is 15.2. The summed E-state index contributed by atoms with van der Waals surface area (Å²) in [5, 5.41) is 0. The van der Waals surface area contributed by atoms with Gasteiger partial charge in [0.2, 0.25) is 5.76 Å². The molecule has 0 atom stereocenters. The first-order valence-electron chi connectivity index (χ1n) is 8.75. The van der Waals surface area contributed by atoms with Crippen molar-refractivity contribution in [2.45, 2.75) is 6.54 Å². The topological polar surface area (TPSA) is 59.8 Å². The van der Waals surface area contributed by atoms with Crippen molar-refractivity contribution in [2.75, 3.05) is 0 Å². The van der Waals surface area contributed by atoms with Gasteiger partial charge in [-0.2, -0.15) is 0 Å². The van der Waals surface area contributed by atoms with Crippen LogP contribution in [-0.2, 0) is 11.3 Å². The molecule has 4 rings (SSSR count). The number of amides is 1. The van der Waals surface area contributed by atoms with Crippen LogP contribution < -0.4 is 4.74 Å². The molecule has 0 radical (unpaired) electrons. The lowest BCUT2D eigenvalue weighted by atomic mass is 10.2. The SMILES string of the molecule is O=C(Oc1cccc(/C=C2/SC(=S)N(Cc3ccccc3)C2=O)c1)c1ccco1. The summed E-state index contributed by atoms with van der Waals surface area (Å²) in [6.07, 6.45) is 3.15. The van der Waals surface area contributed by atoms with Gasteiger partial charge in [-0.1, -0.05) is 66.4 Å². The summed E-state index contributed by atoms with van der Waals surface area (Å²) < 4.78 is 10.9. The second-order valence-corrected chi connectivity index (χ2v) is 7.87. The molecule has 0 bridgehead atoms. The number of nitrogens with zero attached hydrogens (tertiary/aromatic N) is 1. The molecule has 2 heterocycles. The summed E-state index contributed by atoms with van der Waals surface area (Å²) in [5.74, 6) is -0.236. The molecule has 1 saturated heterocycles.